The Morgan fingerprint density at radius 3 is 3.00 bits per heavy atom. The summed E-state index contributed by atoms with van der Waals surface area (Å²) in [6.45, 7) is 0.826. The summed E-state index contributed by atoms with van der Waals surface area (Å²) in [5, 5.41) is 17.4. The molecule has 15 heavy (non-hydrogen) atoms. The van der Waals surface area contributed by atoms with Gasteiger partial charge in [-0.05, 0) is 23.7 Å². The molecule has 1 unspecified atom stereocenters. The van der Waals surface area contributed by atoms with E-state index in [4.69, 9.17) is 0 Å². The van der Waals surface area contributed by atoms with E-state index in [0.717, 1.165) is 12.4 Å². The lowest BCUT2D eigenvalue weighted by atomic mass is 10.1. The second-order valence-corrected chi connectivity index (χ2v) is 4.24. The van der Waals surface area contributed by atoms with E-state index in [9.17, 15) is 0 Å². The fourth-order valence-electron chi connectivity index (χ4n) is 1.45. The normalized spacial score (nSPS) is 12.9. The highest BCUT2D eigenvalue weighted by Crippen LogP contribution is 2.24. The van der Waals surface area contributed by atoms with Gasteiger partial charge in [0.2, 0.25) is 0 Å². The van der Waals surface area contributed by atoms with Crippen molar-refractivity contribution in [3.63, 3.8) is 0 Å². The molecular weight excluding hydrogens is 210 g/mol. The Hall–Kier alpha value is -1.27. The quantitative estimate of drug-likeness (QED) is 0.825. The molecule has 0 fully saturated rings. The van der Waals surface area contributed by atoms with Gasteiger partial charge in [-0.1, -0.05) is 6.07 Å². The van der Waals surface area contributed by atoms with Gasteiger partial charge in [0.15, 0.2) is 5.82 Å². The minimum atomic E-state index is 0.198. The molecule has 0 aliphatic carbocycles. The molecule has 0 aliphatic rings. The van der Waals surface area contributed by atoms with Crippen LogP contribution in [-0.4, -0.2) is 33.8 Å². The molecule has 0 saturated carbocycles. The van der Waals surface area contributed by atoms with Gasteiger partial charge in [-0.15, -0.1) is 21.5 Å². The van der Waals surface area contributed by atoms with Crippen molar-refractivity contribution in [3.8, 4) is 0 Å². The fourth-order valence-corrected chi connectivity index (χ4v) is 2.28. The molecule has 2 rings (SSSR count). The molecule has 5 nitrogen and oxygen atoms in total. The minimum Gasteiger partial charge on any atom is -0.319 e. The number of aryl methyl sites for hydroxylation is 1. The van der Waals surface area contributed by atoms with Gasteiger partial charge >= 0.3 is 0 Å². The molecule has 0 saturated heterocycles. The largest absolute Gasteiger partial charge is 0.319 e. The summed E-state index contributed by atoms with van der Waals surface area (Å²) in [5.41, 5.74) is 0. The van der Waals surface area contributed by atoms with Crippen molar-refractivity contribution in [2.24, 2.45) is 7.05 Å². The maximum Gasteiger partial charge on any atom is 0.184 e. The third-order valence-electron chi connectivity index (χ3n) is 2.13. The first kappa shape index (κ1) is 10.3. The van der Waals surface area contributed by atoms with Gasteiger partial charge in [-0.2, -0.15) is 4.80 Å². The molecule has 0 radical (unpaired) electrons. The van der Waals surface area contributed by atoms with Gasteiger partial charge in [0.1, 0.15) is 0 Å². The van der Waals surface area contributed by atoms with Crippen LogP contribution < -0.4 is 5.32 Å². The smallest absolute Gasteiger partial charge is 0.184 e. The predicted octanol–water partition coefficient (Wildman–Crippen LogP) is 0.623. The van der Waals surface area contributed by atoms with Gasteiger partial charge in [-0.3, -0.25) is 0 Å². The summed E-state index contributed by atoms with van der Waals surface area (Å²) < 4.78 is 0. The van der Waals surface area contributed by atoms with Crippen LogP contribution >= 0.6 is 11.3 Å². The van der Waals surface area contributed by atoms with Crippen LogP contribution in [0.4, 0.5) is 0 Å². The lowest BCUT2D eigenvalue weighted by Crippen LogP contribution is -2.18. The standard InChI is InChI=1S/C9H13N5S/c1-10-6-7(8-4-3-5-15-8)9-11-13-14(2)12-9/h3-5,7,10H,6H2,1-2H3. The van der Waals surface area contributed by atoms with Gasteiger partial charge in [0.25, 0.3) is 0 Å². The molecule has 2 aromatic rings. The van der Waals surface area contributed by atoms with Gasteiger partial charge in [0.05, 0.1) is 13.0 Å². The highest BCUT2D eigenvalue weighted by atomic mass is 32.1. The average Bonchev–Trinajstić information content (AvgIpc) is 2.85. The number of tetrazole rings is 1. The van der Waals surface area contributed by atoms with Crippen molar-refractivity contribution in [1.29, 1.82) is 0 Å². The van der Waals surface area contributed by atoms with Crippen LogP contribution in [0.15, 0.2) is 17.5 Å². The first-order chi connectivity index (χ1) is 7.31. The second kappa shape index (κ2) is 4.50. The summed E-state index contributed by atoms with van der Waals surface area (Å²) >= 11 is 1.72. The Morgan fingerprint density at radius 2 is 2.47 bits per heavy atom. The first-order valence-corrected chi connectivity index (χ1v) is 5.61. The minimum absolute atomic E-state index is 0.198. The van der Waals surface area contributed by atoms with Crippen molar-refractivity contribution in [2.75, 3.05) is 13.6 Å². The highest BCUT2D eigenvalue weighted by Gasteiger charge is 2.19. The zero-order chi connectivity index (χ0) is 10.7. The third-order valence-corrected chi connectivity index (χ3v) is 3.12. The Morgan fingerprint density at radius 1 is 1.60 bits per heavy atom. The zero-order valence-electron chi connectivity index (χ0n) is 8.71. The van der Waals surface area contributed by atoms with Crippen LogP contribution in [0.1, 0.15) is 16.6 Å². The van der Waals surface area contributed by atoms with Gasteiger partial charge < -0.3 is 5.32 Å². The van der Waals surface area contributed by atoms with E-state index in [1.165, 1.54) is 9.67 Å². The van der Waals surface area contributed by atoms with Crippen LogP contribution in [0.5, 0.6) is 0 Å². The molecular formula is C9H13N5S. The number of aromatic nitrogens is 4. The van der Waals surface area contributed by atoms with E-state index in [1.54, 1.807) is 18.4 Å². The third kappa shape index (κ3) is 2.21. The predicted molar refractivity (Wildman–Crippen MR) is 58.9 cm³/mol. The summed E-state index contributed by atoms with van der Waals surface area (Å²) in [4.78, 5) is 2.75. The molecule has 80 valence electrons. The van der Waals surface area contributed by atoms with E-state index in [-0.39, 0.29) is 5.92 Å². The second-order valence-electron chi connectivity index (χ2n) is 3.26. The number of likely N-dealkylation sites (N-methyl/N-ethyl adjacent to an activating group) is 1. The maximum absolute atomic E-state index is 4.25. The van der Waals surface area contributed by atoms with Gasteiger partial charge in [-0.25, -0.2) is 0 Å². The summed E-state index contributed by atoms with van der Waals surface area (Å²) in [6.07, 6.45) is 0. The summed E-state index contributed by atoms with van der Waals surface area (Å²) in [6, 6.07) is 4.14. The summed E-state index contributed by atoms with van der Waals surface area (Å²) in [7, 11) is 3.71. The van der Waals surface area contributed by atoms with Crippen LogP contribution in [0.25, 0.3) is 0 Å². The molecule has 1 N–H and O–H groups in total. The van der Waals surface area contributed by atoms with E-state index < -0.39 is 0 Å². The molecule has 6 heteroatoms. The van der Waals surface area contributed by atoms with Crippen LogP contribution in [-0.2, 0) is 7.05 Å². The number of thiophene rings is 1. The molecule has 0 aromatic carbocycles. The van der Waals surface area contributed by atoms with Crippen LogP contribution in [0.2, 0.25) is 0 Å². The van der Waals surface area contributed by atoms with Crippen LogP contribution in [0.3, 0.4) is 0 Å². The van der Waals surface area contributed by atoms with Crippen LogP contribution in [0, 0.1) is 0 Å². The summed E-state index contributed by atoms with van der Waals surface area (Å²) in [5.74, 6) is 0.970. The zero-order valence-corrected chi connectivity index (χ0v) is 9.53. The molecule has 0 spiro atoms. The molecule has 2 aromatic heterocycles. The lowest BCUT2D eigenvalue weighted by Gasteiger charge is -2.09. The number of rotatable bonds is 4. The molecule has 1 atom stereocenters. The Balaban J connectivity index is 2.27. The van der Waals surface area contributed by atoms with Crippen molar-refractivity contribution < 1.29 is 0 Å². The number of hydrogen-bond donors (Lipinski definition) is 1. The monoisotopic (exact) mass is 223 g/mol. The fraction of sp³-hybridized carbons (Fsp3) is 0.444. The van der Waals surface area contributed by atoms with Crippen molar-refractivity contribution in [3.05, 3.63) is 28.2 Å². The number of nitrogens with zero attached hydrogens (tertiary/aromatic N) is 4. The molecule has 0 aliphatic heterocycles. The maximum atomic E-state index is 4.25. The molecule has 0 amide bonds. The topological polar surface area (TPSA) is 55.6 Å². The Kier molecular flexibility index (Phi) is 3.08. The van der Waals surface area contributed by atoms with Crippen molar-refractivity contribution in [2.45, 2.75) is 5.92 Å². The van der Waals surface area contributed by atoms with E-state index >= 15 is 0 Å². The highest BCUT2D eigenvalue weighted by molar-refractivity contribution is 7.10. The Bertz CT molecular complexity index is 408. The van der Waals surface area contributed by atoms with Crippen molar-refractivity contribution in [1.82, 2.24) is 25.5 Å². The molecule has 2 heterocycles. The van der Waals surface area contributed by atoms with E-state index in [0.29, 0.717) is 0 Å². The SMILES string of the molecule is CNCC(c1nnn(C)n1)c1cccs1. The molecule has 0 bridgehead atoms. The number of hydrogen-bond acceptors (Lipinski definition) is 5. The lowest BCUT2D eigenvalue weighted by molar-refractivity contribution is 0.621. The van der Waals surface area contributed by atoms with E-state index in [2.05, 4.69) is 32.2 Å². The van der Waals surface area contributed by atoms with Crippen molar-refractivity contribution >= 4 is 11.3 Å². The van der Waals surface area contributed by atoms with E-state index in [1.807, 2.05) is 13.1 Å². The Labute approximate surface area is 92.1 Å². The number of nitrogens with one attached hydrogen (secondary N) is 1. The average molecular weight is 223 g/mol. The van der Waals surface area contributed by atoms with Gasteiger partial charge in [0, 0.05) is 11.4 Å². The first-order valence-electron chi connectivity index (χ1n) is 4.73.